The number of rotatable bonds is 5. The molecule has 3 heteroatoms. The van der Waals surface area contributed by atoms with Crippen molar-refractivity contribution in [1.29, 1.82) is 5.26 Å². The number of nitriles is 1. The molecule has 3 nitrogen and oxygen atoms in total. The van der Waals surface area contributed by atoms with E-state index in [1.807, 2.05) is 30.3 Å². The van der Waals surface area contributed by atoms with Gasteiger partial charge in [0, 0.05) is 33.0 Å². The molecule has 0 atom stereocenters. The molecular weight excluding hydrogens is 655 g/mol. The fourth-order valence-corrected chi connectivity index (χ4v) is 8.55. The lowest BCUT2D eigenvalue weighted by Gasteiger charge is -2.21. The van der Waals surface area contributed by atoms with Crippen molar-refractivity contribution < 1.29 is 0 Å². The predicted octanol–water partition coefficient (Wildman–Crippen LogP) is 13.0. The highest BCUT2D eigenvalue weighted by Gasteiger charge is 2.36. The van der Waals surface area contributed by atoms with E-state index in [4.69, 9.17) is 4.98 Å². The van der Waals surface area contributed by atoms with Crippen LogP contribution in [0.25, 0.3) is 83.4 Å². The maximum atomic E-state index is 10.3. The van der Waals surface area contributed by atoms with Gasteiger partial charge < -0.3 is 4.57 Å². The van der Waals surface area contributed by atoms with Crippen LogP contribution in [-0.2, 0) is 5.41 Å². The summed E-state index contributed by atoms with van der Waals surface area (Å²) in [4.78, 5) is 5.18. The van der Waals surface area contributed by atoms with E-state index >= 15 is 0 Å². The van der Waals surface area contributed by atoms with Crippen molar-refractivity contribution >= 4 is 21.8 Å². The highest BCUT2D eigenvalue weighted by Crippen LogP contribution is 2.51. The van der Waals surface area contributed by atoms with E-state index in [0.717, 1.165) is 61.5 Å². The molecule has 54 heavy (non-hydrogen) atoms. The van der Waals surface area contributed by atoms with Crippen LogP contribution in [0.3, 0.4) is 0 Å². The summed E-state index contributed by atoms with van der Waals surface area (Å²) in [5, 5.41) is 12.7. The van der Waals surface area contributed by atoms with Gasteiger partial charge in [0.05, 0.1) is 34.1 Å². The van der Waals surface area contributed by atoms with Crippen LogP contribution < -0.4 is 0 Å². The van der Waals surface area contributed by atoms with E-state index < -0.39 is 0 Å². The first-order chi connectivity index (χ1) is 26.5. The van der Waals surface area contributed by atoms with Crippen LogP contribution in [0.4, 0.5) is 0 Å². The van der Waals surface area contributed by atoms with Crippen molar-refractivity contribution in [3.8, 4) is 67.7 Å². The summed E-state index contributed by atoms with van der Waals surface area (Å²) in [5.41, 5.74) is 17.1. The van der Waals surface area contributed by atoms with Gasteiger partial charge in [-0.1, -0.05) is 135 Å². The third-order valence-electron chi connectivity index (χ3n) is 11.2. The van der Waals surface area contributed by atoms with Gasteiger partial charge in [-0.05, 0) is 99.1 Å². The smallest absolute Gasteiger partial charge is 0.0998 e. The zero-order valence-electron chi connectivity index (χ0n) is 30.1. The number of hydrogen-bond donors (Lipinski definition) is 0. The highest BCUT2D eigenvalue weighted by molar-refractivity contribution is 6.11. The summed E-state index contributed by atoms with van der Waals surface area (Å²) in [7, 11) is 0. The van der Waals surface area contributed by atoms with Gasteiger partial charge in [0.15, 0.2) is 0 Å². The largest absolute Gasteiger partial charge is 0.309 e. The molecule has 0 aliphatic heterocycles. The van der Waals surface area contributed by atoms with Gasteiger partial charge in [-0.2, -0.15) is 5.26 Å². The van der Waals surface area contributed by atoms with Gasteiger partial charge in [-0.25, -0.2) is 4.98 Å². The number of hydrogen-bond acceptors (Lipinski definition) is 2. The summed E-state index contributed by atoms with van der Waals surface area (Å²) >= 11 is 0. The Labute approximate surface area is 315 Å². The molecule has 9 aromatic rings. The van der Waals surface area contributed by atoms with Gasteiger partial charge in [0.2, 0.25) is 0 Å². The molecule has 0 bridgehead atoms. The van der Waals surface area contributed by atoms with Gasteiger partial charge in [-0.15, -0.1) is 0 Å². The van der Waals surface area contributed by atoms with Crippen LogP contribution in [0.2, 0.25) is 0 Å². The molecule has 0 spiro atoms. The number of nitrogens with zero attached hydrogens (tertiary/aromatic N) is 3. The van der Waals surface area contributed by atoms with Gasteiger partial charge in [0.1, 0.15) is 0 Å². The first-order valence-electron chi connectivity index (χ1n) is 18.4. The molecule has 2 heterocycles. The van der Waals surface area contributed by atoms with Crippen molar-refractivity contribution in [3.63, 3.8) is 0 Å². The first kappa shape index (κ1) is 31.7. The van der Waals surface area contributed by atoms with Crippen LogP contribution in [-0.4, -0.2) is 9.55 Å². The highest BCUT2D eigenvalue weighted by atomic mass is 15.0. The molecule has 0 fully saturated rings. The number of pyridine rings is 1. The van der Waals surface area contributed by atoms with Crippen LogP contribution in [0.15, 0.2) is 176 Å². The van der Waals surface area contributed by atoms with Crippen molar-refractivity contribution in [1.82, 2.24) is 9.55 Å². The second-order valence-electron chi connectivity index (χ2n) is 14.7. The van der Waals surface area contributed by atoms with E-state index in [1.165, 1.54) is 33.0 Å². The minimum absolute atomic E-state index is 0.105. The number of fused-ring (bicyclic) bond motifs is 6. The topological polar surface area (TPSA) is 41.6 Å². The first-order valence-corrected chi connectivity index (χ1v) is 18.4. The molecule has 254 valence electrons. The summed E-state index contributed by atoms with van der Waals surface area (Å²) in [5.74, 6) is 0. The molecule has 0 amide bonds. The maximum absolute atomic E-state index is 10.3. The van der Waals surface area contributed by atoms with Crippen LogP contribution in [0, 0.1) is 11.3 Å². The fourth-order valence-electron chi connectivity index (χ4n) is 8.55. The number of benzene rings is 7. The molecule has 7 aromatic carbocycles. The Morgan fingerprint density at radius 3 is 1.78 bits per heavy atom. The average Bonchev–Trinajstić information content (AvgIpc) is 3.68. The second kappa shape index (κ2) is 12.3. The molecule has 1 aliphatic rings. The van der Waals surface area contributed by atoms with E-state index in [-0.39, 0.29) is 5.41 Å². The Balaban J connectivity index is 1.28. The zero-order valence-corrected chi connectivity index (χ0v) is 30.1. The van der Waals surface area contributed by atoms with Gasteiger partial charge in [-0.3, -0.25) is 0 Å². The van der Waals surface area contributed by atoms with E-state index in [0.29, 0.717) is 5.56 Å². The molecule has 0 unspecified atom stereocenters. The average molecular weight is 690 g/mol. The van der Waals surface area contributed by atoms with Crippen molar-refractivity contribution in [3.05, 3.63) is 193 Å². The summed E-state index contributed by atoms with van der Waals surface area (Å²) in [6.45, 7) is 4.68. The molecule has 0 saturated heterocycles. The van der Waals surface area contributed by atoms with Gasteiger partial charge in [0.25, 0.3) is 0 Å². The lowest BCUT2D eigenvalue weighted by molar-refractivity contribution is 0.661. The Morgan fingerprint density at radius 1 is 0.463 bits per heavy atom. The Hall–Kier alpha value is -7.02. The Kier molecular flexibility index (Phi) is 7.22. The normalized spacial score (nSPS) is 12.8. The van der Waals surface area contributed by atoms with Gasteiger partial charge >= 0.3 is 0 Å². The molecule has 2 aromatic heterocycles. The van der Waals surface area contributed by atoms with Crippen LogP contribution in [0.1, 0.15) is 30.5 Å². The van der Waals surface area contributed by atoms with Crippen LogP contribution >= 0.6 is 0 Å². The van der Waals surface area contributed by atoms with Crippen molar-refractivity contribution in [2.75, 3.05) is 0 Å². The van der Waals surface area contributed by atoms with Crippen LogP contribution in [0.5, 0.6) is 0 Å². The zero-order chi connectivity index (χ0) is 36.4. The summed E-state index contributed by atoms with van der Waals surface area (Å²) in [6, 6.07) is 64.7. The molecule has 0 radical (unpaired) electrons. The second-order valence-corrected chi connectivity index (χ2v) is 14.7. The molecule has 0 N–H and O–H groups in total. The standard InChI is InChI=1S/C51H35N3/c1-51(2)45-23-13-11-21-41(45)43-31-50-44(30-46(43)51)42-22-12-14-24-49(42)54(50)39-26-36(25-38(27-39)40-20-10-9-19-35(40)32-52)37-28-47(33-15-5-3-6-16-33)53-48(29-37)34-17-7-4-8-18-34/h3-31H,1-2H3. The summed E-state index contributed by atoms with van der Waals surface area (Å²) < 4.78 is 2.41. The van der Waals surface area contributed by atoms with E-state index in [9.17, 15) is 5.26 Å². The maximum Gasteiger partial charge on any atom is 0.0998 e. The lowest BCUT2D eigenvalue weighted by Crippen LogP contribution is -2.14. The van der Waals surface area contributed by atoms with E-state index in [1.54, 1.807) is 0 Å². The summed E-state index contributed by atoms with van der Waals surface area (Å²) in [6.07, 6.45) is 0. The SMILES string of the molecule is CC1(C)c2ccccc2-c2cc3c(cc21)c1ccccc1n3-c1cc(-c2cc(-c3ccccc3)nc(-c3ccccc3)c2)cc(-c2ccccc2C#N)c1. The molecule has 10 rings (SSSR count). The van der Waals surface area contributed by atoms with E-state index in [2.05, 4.69) is 170 Å². The fraction of sp³-hybridized carbons (Fsp3) is 0.0588. The quantitative estimate of drug-likeness (QED) is 0.180. The molecule has 0 saturated carbocycles. The minimum Gasteiger partial charge on any atom is -0.309 e. The number of para-hydroxylation sites is 1. The molecular formula is C51H35N3. The molecule has 1 aliphatic carbocycles. The predicted molar refractivity (Wildman–Crippen MR) is 223 cm³/mol. The minimum atomic E-state index is -0.105. The van der Waals surface area contributed by atoms with Crippen molar-refractivity contribution in [2.24, 2.45) is 0 Å². The third-order valence-corrected chi connectivity index (χ3v) is 11.2. The third kappa shape index (κ3) is 4.99. The Bertz CT molecular complexity index is 2900. The monoisotopic (exact) mass is 689 g/mol. The van der Waals surface area contributed by atoms with Crippen molar-refractivity contribution in [2.45, 2.75) is 19.3 Å². The lowest BCUT2D eigenvalue weighted by atomic mass is 9.82. The Morgan fingerprint density at radius 2 is 1.06 bits per heavy atom. The number of aromatic nitrogens is 2.